The Morgan fingerprint density at radius 2 is 2.33 bits per heavy atom. The van der Waals surface area contributed by atoms with Crippen LogP contribution in [-0.4, -0.2) is 37.6 Å². The number of hydrogen-bond donors (Lipinski definition) is 1. The monoisotopic (exact) mass is 207 g/mol. The van der Waals surface area contributed by atoms with Crippen LogP contribution >= 0.6 is 0 Å². The van der Waals surface area contributed by atoms with Crippen molar-refractivity contribution < 1.29 is 0 Å². The van der Waals surface area contributed by atoms with Gasteiger partial charge in [0.05, 0.1) is 6.07 Å². The summed E-state index contributed by atoms with van der Waals surface area (Å²) in [6.07, 6.45) is 5.89. The molecule has 0 aromatic carbocycles. The van der Waals surface area contributed by atoms with Gasteiger partial charge in [-0.25, -0.2) is 0 Å². The number of likely N-dealkylation sites (N-methyl/N-ethyl adjacent to an activating group) is 1. The van der Waals surface area contributed by atoms with Crippen LogP contribution in [0.25, 0.3) is 0 Å². The van der Waals surface area contributed by atoms with Gasteiger partial charge >= 0.3 is 0 Å². The average molecular weight is 207 g/mol. The standard InChI is InChI=1S/C12H21N3/c1-14-11-3-2-8-15(9-11)10-12(4-5-12)6-7-13/h11,14H,2-6,8-10H2,1H3. The van der Waals surface area contributed by atoms with Crippen molar-refractivity contribution in [2.24, 2.45) is 5.41 Å². The van der Waals surface area contributed by atoms with E-state index >= 15 is 0 Å². The van der Waals surface area contributed by atoms with E-state index < -0.39 is 0 Å². The van der Waals surface area contributed by atoms with Crippen molar-refractivity contribution in [3.8, 4) is 6.07 Å². The summed E-state index contributed by atoms with van der Waals surface area (Å²) in [5, 5.41) is 12.2. The van der Waals surface area contributed by atoms with Gasteiger partial charge in [0.1, 0.15) is 0 Å². The van der Waals surface area contributed by atoms with Gasteiger partial charge in [0.15, 0.2) is 0 Å². The lowest BCUT2D eigenvalue weighted by atomic mass is 9.99. The maximum absolute atomic E-state index is 8.79. The first-order valence-electron chi connectivity index (χ1n) is 6.05. The van der Waals surface area contributed by atoms with E-state index in [0.717, 1.165) is 13.0 Å². The fourth-order valence-electron chi connectivity index (χ4n) is 2.64. The fraction of sp³-hybridized carbons (Fsp3) is 0.917. The minimum absolute atomic E-state index is 0.379. The Kier molecular flexibility index (Phi) is 3.28. The Balaban J connectivity index is 1.82. The van der Waals surface area contributed by atoms with E-state index in [1.54, 1.807) is 0 Å². The highest BCUT2D eigenvalue weighted by atomic mass is 15.2. The summed E-state index contributed by atoms with van der Waals surface area (Å²) in [7, 11) is 2.05. The minimum atomic E-state index is 0.379. The van der Waals surface area contributed by atoms with Crippen LogP contribution in [0.2, 0.25) is 0 Å². The Bertz CT molecular complexity index is 252. The molecular formula is C12H21N3. The zero-order valence-corrected chi connectivity index (χ0v) is 9.63. The predicted molar refractivity (Wildman–Crippen MR) is 60.4 cm³/mol. The Labute approximate surface area is 92.4 Å². The van der Waals surface area contributed by atoms with Crippen molar-refractivity contribution >= 4 is 0 Å². The van der Waals surface area contributed by atoms with Crippen molar-refractivity contribution in [2.75, 3.05) is 26.7 Å². The maximum atomic E-state index is 8.79. The quantitative estimate of drug-likeness (QED) is 0.756. The van der Waals surface area contributed by atoms with Crippen LogP contribution in [0.1, 0.15) is 32.1 Å². The van der Waals surface area contributed by atoms with E-state index in [-0.39, 0.29) is 0 Å². The minimum Gasteiger partial charge on any atom is -0.316 e. The molecule has 84 valence electrons. The third kappa shape index (κ3) is 2.70. The Morgan fingerprint density at radius 3 is 2.93 bits per heavy atom. The molecule has 0 bridgehead atoms. The van der Waals surface area contributed by atoms with E-state index in [9.17, 15) is 0 Å². The molecule has 15 heavy (non-hydrogen) atoms. The highest BCUT2D eigenvalue weighted by Crippen LogP contribution is 2.49. The van der Waals surface area contributed by atoms with Crippen molar-refractivity contribution in [2.45, 2.75) is 38.1 Å². The zero-order chi connectivity index (χ0) is 10.7. The Hall–Kier alpha value is -0.590. The molecule has 0 aromatic rings. The van der Waals surface area contributed by atoms with Crippen molar-refractivity contribution in [3.05, 3.63) is 0 Å². The molecule has 2 rings (SSSR count). The smallest absolute Gasteiger partial charge is 0.0628 e. The van der Waals surface area contributed by atoms with Crippen LogP contribution in [0.4, 0.5) is 0 Å². The number of nitriles is 1. The maximum Gasteiger partial charge on any atom is 0.0628 e. The molecule has 0 aromatic heterocycles. The van der Waals surface area contributed by atoms with Gasteiger partial charge in [-0.15, -0.1) is 0 Å². The van der Waals surface area contributed by atoms with E-state index in [1.807, 2.05) is 0 Å². The number of piperidine rings is 1. The van der Waals surface area contributed by atoms with E-state index in [2.05, 4.69) is 23.3 Å². The molecule has 3 nitrogen and oxygen atoms in total. The molecular weight excluding hydrogens is 186 g/mol. The molecule has 0 radical (unpaired) electrons. The summed E-state index contributed by atoms with van der Waals surface area (Å²) in [5.74, 6) is 0. The van der Waals surface area contributed by atoms with Gasteiger partial charge in [-0.2, -0.15) is 5.26 Å². The lowest BCUT2D eigenvalue weighted by molar-refractivity contribution is 0.162. The van der Waals surface area contributed by atoms with E-state index in [0.29, 0.717) is 11.5 Å². The second kappa shape index (κ2) is 4.51. The number of rotatable bonds is 4. The molecule has 2 aliphatic rings. The third-order valence-corrected chi connectivity index (χ3v) is 3.88. The lowest BCUT2D eigenvalue weighted by Gasteiger charge is -2.34. The van der Waals surface area contributed by atoms with Crippen LogP contribution in [0.15, 0.2) is 0 Å². The largest absolute Gasteiger partial charge is 0.316 e. The molecule has 1 saturated carbocycles. The van der Waals surface area contributed by atoms with Crippen LogP contribution in [0.5, 0.6) is 0 Å². The van der Waals surface area contributed by atoms with Gasteiger partial charge in [-0.05, 0) is 44.7 Å². The van der Waals surface area contributed by atoms with Gasteiger partial charge < -0.3 is 10.2 Å². The van der Waals surface area contributed by atoms with Gasteiger partial charge in [0, 0.05) is 25.6 Å². The van der Waals surface area contributed by atoms with E-state index in [1.165, 1.54) is 38.8 Å². The molecule has 0 spiro atoms. The fourth-order valence-corrected chi connectivity index (χ4v) is 2.64. The van der Waals surface area contributed by atoms with E-state index in [4.69, 9.17) is 5.26 Å². The van der Waals surface area contributed by atoms with Crippen molar-refractivity contribution in [3.63, 3.8) is 0 Å². The van der Waals surface area contributed by atoms with Crippen molar-refractivity contribution in [1.29, 1.82) is 5.26 Å². The molecule has 1 aliphatic carbocycles. The van der Waals surface area contributed by atoms with Gasteiger partial charge in [0.25, 0.3) is 0 Å². The number of nitrogens with zero attached hydrogens (tertiary/aromatic N) is 2. The lowest BCUT2D eigenvalue weighted by Crippen LogP contribution is -2.46. The second-order valence-electron chi connectivity index (χ2n) is 5.20. The summed E-state index contributed by atoms with van der Waals surface area (Å²) in [6.45, 7) is 3.55. The molecule has 1 atom stereocenters. The molecule has 1 saturated heterocycles. The topological polar surface area (TPSA) is 39.1 Å². The second-order valence-corrected chi connectivity index (χ2v) is 5.20. The van der Waals surface area contributed by atoms with Crippen LogP contribution in [0, 0.1) is 16.7 Å². The summed E-state index contributed by atoms with van der Waals surface area (Å²) in [5.41, 5.74) is 0.379. The summed E-state index contributed by atoms with van der Waals surface area (Å²) in [4.78, 5) is 2.55. The third-order valence-electron chi connectivity index (χ3n) is 3.88. The number of likely N-dealkylation sites (tertiary alicyclic amines) is 1. The van der Waals surface area contributed by atoms with Gasteiger partial charge in [-0.3, -0.25) is 0 Å². The van der Waals surface area contributed by atoms with Crippen LogP contribution in [0.3, 0.4) is 0 Å². The predicted octanol–water partition coefficient (Wildman–Crippen LogP) is 1.36. The highest BCUT2D eigenvalue weighted by Gasteiger charge is 2.44. The first-order chi connectivity index (χ1) is 7.28. The Morgan fingerprint density at radius 1 is 1.53 bits per heavy atom. The highest BCUT2D eigenvalue weighted by molar-refractivity contribution is 5.01. The molecule has 0 amide bonds. The molecule has 1 aliphatic heterocycles. The number of nitrogens with one attached hydrogen (secondary N) is 1. The molecule has 1 heterocycles. The number of hydrogen-bond acceptors (Lipinski definition) is 3. The molecule has 1 unspecified atom stereocenters. The normalized spacial score (nSPS) is 29.7. The molecule has 2 fully saturated rings. The van der Waals surface area contributed by atoms with Crippen molar-refractivity contribution in [1.82, 2.24) is 10.2 Å². The summed E-state index contributed by atoms with van der Waals surface area (Å²) < 4.78 is 0. The van der Waals surface area contributed by atoms with Crippen LogP contribution in [-0.2, 0) is 0 Å². The summed E-state index contributed by atoms with van der Waals surface area (Å²) >= 11 is 0. The van der Waals surface area contributed by atoms with Crippen LogP contribution < -0.4 is 5.32 Å². The molecule has 1 N–H and O–H groups in total. The first kappa shape index (κ1) is 10.9. The average Bonchev–Trinajstić information content (AvgIpc) is 2.99. The summed E-state index contributed by atoms with van der Waals surface area (Å²) in [6, 6.07) is 3.01. The SMILES string of the molecule is CNC1CCCN(CC2(CC#N)CC2)C1. The van der Waals surface area contributed by atoms with Gasteiger partial charge in [-0.1, -0.05) is 0 Å². The zero-order valence-electron chi connectivity index (χ0n) is 9.63. The molecule has 3 heteroatoms. The first-order valence-corrected chi connectivity index (χ1v) is 6.05. The van der Waals surface area contributed by atoms with Gasteiger partial charge in [0.2, 0.25) is 0 Å².